The third kappa shape index (κ3) is 4.84. The van der Waals surface area contributed by atoms with Gasteiger partial charge in [-0.05, 0) is 42.8 Å². The van der Waals surface area contributed by atoms with Crippen LogP contribution in [0.3, 0.4) is 0 Å². The number of hydrogen-bond donors (Lipinski definition) is 1. The van der Waals surface area contributed by atoms with Crippen molar-refractivity contribution in [2.45, 2.75) is 26.2 Å². The molecule has 2 aliphatic heterocycles. The number of aromatic nitrogens is 2. The lowest BCUT2D eigenvalue weighted by molar-refractivity contribution is 0.551. The molecule has 1 saturated heterocycles. The van der Waals surface area contributed by atoms with Gasteiger partial charge >= 0.3 is 0 Å². The van der Waals surface area contributed by atoms with Gasteiger partial charge in [0.2, 0.25) is 0 Å². The van der Waals surface area contributed by atoms with Gasteiger partial charge in [0.25, 0.3) is 0 Å². The molecule has 0 bridgehead atoms. The van der Waals surface area contributed by atoms with Gasteiger partial charge in [0.1, 0.15) is 33.6 Å². The number of nitrogens with one attached hydrogen (secondary N) is 1. The van der Waals surface area contributed by atoms with Crippen LogP contribution in [0.4, 0.5) is 15.3 Å². The summed E-state index contributed by atoms with van der Waals surface area (Å²) < 4.78 is 13.5. The summed E-state index contributed by atoms with van der Waals surface area (Å²) in [5, 5.41) is 15.8. The number of fused-ring (bicyclic) bond motifs is 1. The van der Waals surface area contributed by atoms with Crippen molar-refractivity contribution in [3.05, 3.63) is 57.8 Å². The minimum Gasteiger partial charge on any atom is -0.354 e. The molecule has 3 aromatic rings. The second kappa shape index (κ2) is 10.7. The van der Waals surface area contributed by atoms with E-state index in [0.29, 0.717) is 17.1 Å². The Hall–Kier alpha value is -3.35. The quantitative estimate of drug-likeness (QED) is 0.533. The van der Waals surface area contributed by atoms with Gasteiger partial charge in [0.15, 0.2) is 5.13 Å². The number of piperazine rings is 1. The first kappa shape index (κ1) is 24.3. The van der Waals surface area contributed by atoms with Crippen LogP contribution in [-0.4, -0.2) is 49.7 Å². The summed E-state index contributed by atoms with van der Waals surface area (Å²) in [6.45, 7) is 6.65. The molecule has 1 unspecified atom stereocenters. The second-order valence-electron chi connectivity index (χ2n) is 9.19. The molecule has 9 heteroatoms. The van der Waals surface area contributed by atoms with Gasteiger partial charge in [-0.25, -0.2) is 14.4 Å². The lowest BCUT2D eigenvalue weighted by Crippen LogP contribution is -2.47. The number of hydrogen-bond acceptors (Lipinski definition) is 8. The number of anilines is 2. The molecule has 1 atom stereocenters. The number of nitriles is 1. The molecule has 36 heavy (non-hydrogen) atoms. The van der Waals surface area contributed by atoms with Crippen molar-refractivity contribution in [3.8, 4) is 17.3 Å². The van der Waals surface area contributed by atoms with Crippen molar-refractivity contribution in [2.24, 2.45) is 10.9 Å². The SMILES string of the molecule is CCCCC1CN=c2ccc(N3CCNCC3)nc2=C1N(C)c1nc(-c2ccc(F)cc2)c(C#N)s1. The summed E-state index contributed by atoms with van der Waals surface area (Å²) in [6.07, 6.45) is 3.23. The molecule has 0 aliphatic carbocycles. The largest absolute Gasteiger partial charge is 0.354 e. The lowest BCUT2D eigenvalue weighted by Gasteiger charge is -2.31. The Bertz CT molecular complexity index is 1390. The van der Waals surface area contributed by atoms with E-state index in [4.69, 9.17) is 15.0 Å². The van der Waals surface area contributed by atoms with Crippen LogP contribution < -0.4 is 25.8 Å². The van der Waals surface area contributed by atoms with Crippen LogP contribution in [0.25, 0.3) is 17.0 Å². The van der Waals surface area contributed by atoms with Gasteiger partial charge in [-0.1, -0.05) is 31.1 Å². The van der Waals surface area contributed by atoms with Crippen molar-refractivity contribution < 1.29 is 4.39 Å². The first-order chi connectivity index (χ1) is 17.6. The predicted molar refractivity (Wildman–Crippen MR) is 142 cm³/mol. The molecule has 2 aromatic heterocycles. The maximum absolute atomic E-state index is 13.5. The summed E-state index contributed by atoms with van der Waals surface area (Å²) in [6, 6.07) is 12.6. The van der Waals surface area contributed by atoms with E-state index < -0.39 is 0 Å². The van der Waals surface area contributed by atoms with Crippen LogP contribution in [0.5, 0.6) is 0 Å². The fraction of sp³-hybridized carbons (Fsp3) is 0.407. The van der Waals surface area contributed by atoms with Crippen LogP contribution in [0.15, 0.2) is 41.4 Å². The molecule has 4 heterocycles. The molecule has 1 N–H and O–H groups in total. The molecule has 2 aliphatic rings. The zero-order chi connectivity index (χ0) is 25.1. The molecule has 5 rings (SSSR count). The van der Waals surface area contributed by atoms with Crippen LogP contribution >= 0.6 is 11.3 Å². The fourth-order valence-corrected chi connectivity index (χ4v) is 5.72. The number of pyridine rings is 1. The van der Waals surface area contributed by atoms with E-state index in [1.54, 1.807) is 12.1 Å². The lowest BCUT2D eigenvalue weighted by atomic mass is 9.95. The number of halogens is 1. The van der Waals surface area contributed by atoms with E-state index in [2.05, 4.69) is 40.2 Å². The smallest absolute Gasteiger partial charge is 0.191 e. The average Bonchev–Trinajstić information content (AvgIpc) is 3.36. The second-order valence-corrected chi connectivity index (χ2v) is 10.2. The zero-order valence-electron chi connectivity index (χ0n) is 20.7. The van der Waals surface area contributed by atoms with Crippen molar-refractivity contribution in [1.29, 1.82) is 5.26 Å². The van der Waals surface area contributed by atoms with Crippen molar-refractivity contribution >= 4 is 28.0 Å². The van der Waals surface area contributed by atoms with Crippen LogP contribution in [0.1, 0.15) is 31.1 Å². The molecule has 0 radical (unpaired) electrons. The van der Waals surface area contributed by atoms with Gasteiger partial charge in [0.05, 0.1) is 11.1 Å². The van der Waals surface area contributed by atoms with E-state index in [-0.39, 0.29) is 11.7 Å². The minimum atomic E-state index is -0.312. The molecule has 1 fully saturated rings. The van der Waals surface area contributed by atoms with Gasteiger partial charge in [-0.15, -0.1) is 0 Å². The molecule has 0 spiro atoms. The Kier molecular flexibility index (Phi) is 7.25. The van der Waals surface area contributed by atoms with Gasteiger partial charge in [0, 0.05) is 51.3 Å². The molecule has 186 valence electrons. The number of rotatable bonds is 7. The van der Waals surface area contributed by atoms with Crippen molar-refractivity contribution in [1.82, 2.24) is 15.3 Å². The highest BCUT2D eigenvalue weighted by atomic mass is 32.1. The normalized spacial score (nSPS) is 17.3. The van der Waals surface area contributed by atoms with E-state index in [1.165, 1.54) is 23.5 Å². The van der Waals surface area contributed by atoms with Gasteiger partial charge in [-0.2, -0.15) is 5.26 Å². The topological polar surface area (TPSA) is 80.4 Å². The highest BCUT2D eigenvalue weighted by Gasteiger charge is 2.27. The molecule has 0 amide bonds. The summed E-state index contributed by atoms with van der Waals surface area (Å²) in [7, 11) is 2.01. The third-order valence-electron chi connectivity index (χ3n) is 6.80. The maximum atomic E-state index is 13.5. The molecule has 0 saturated carbocycles. The van der Waals surface area contributed by atoms with Gasteiger partial charge < -0.3 is 15.1 Å². The van der Waals surface area contributed by atoms with Crippen molar-refractivity contribution in [3.63, 3.8) is 0 Å². The Morgan fingerprint density at radius 2 is 1.94 bits per heavy atom. The van der Waals surface area contributed by atoms with Crippen LogP contribution in [-0.2, 0) is 0 Å². The summed E-state index contributed by atoms with van der Waals surface area (Å²) in [5.74, 6) is 0.876. The van der Waals surface area contributed by atoms with E-state index in [0.717, 1.165) is 78.4 Å². The Morgan fingerprint density at radius 1 is 1.17 bits per heavy atom. The number of unbranched alkanes of at least 4 members (excludes halogenated alkanes) is 1. The first-order valence-corrected chi connectivity index (χ1v) is 13.3. The summed E-state index contributed by atoms with van der Waals surface area (Å²) in [5.41, 5.74) is 2.42. The highest BCUT2D eigenvalue weighted by molar-refractivity contribution is 7.16. The predicted octanol–water partition coefficient (Wildman–Crippen LogP) is 3.31. The summed E-state index contributed by atoms with van der Waals surface area (Å²) in [4.78, 5) is 19.8. The van der Waals surface area contributed by atoms with Crippen LogP contribution in [0, 0.1) is 23.1 Å². The van der Waals surface area contributed by atoms with Crippen LogP contribution in [0.2, 0.25) is 0 Å². The molecular weight excluding hydrogens is 473 g/mol. The van der Waals surface area contributed by atoms with E-state index in [9.17, 15) is 9.65 Å². The Labute approximate surface area is 214 Å². The molecule has 1 aromatic carbocycles. The monoisotopic (exact) mass is 503 g/mol. The van der Waals surface area contributed by atoms with E-state index in [1.807, 2.05) is 7.05 Å². The number of thiazole rings is 1. The fourth-order valence-electron chi connectivity index (χ4n) is 4.86. The minimum absolute atomic E-state index is 0.219. The van der Waals surface area contributed by atoms with E-state index >= 15 is 0 Å². The standard InChI is InChI=1S/C27H30FN7S/c1-3-4-5-19-17-31-21-10-11-23(35-14-12-30-13-15-35)32-25(21)26(19)34(2)27-33-24(22(16-29)36-27)18-6-8-20(28)9-7-18/h6-11,19,30H,3-5,12-15,17H2,1-2H3. The summed E-state index contributed by atoms with van der Waals surface area (Å²) >= 11 is 1.36. The zero-order valence-corrected chi connectivity index (χ0v) is 21.5. The third-order valence-corrected chi connectivity index (χ3v) is 7.84. The maximum Gasteiger partial charge on any atom is 0.191 e. The average molecular weight is 504 g/mol. The van der Waals surface area contributed by atoms with Crippen molar-refractivity contribution in [2.75, 3.05) is 49.6 Å². The first-order valence-electron chi connectivity index (χ1n) is 12.5. The Morgan fingerprint density at radius 3 is 2.67 bits per heavy atom. The highest BCUT2D eigenvalue weighted by Crippen LogP contribution is 2.36. The van der Waals surface area contributed by atoms with Gasteiger partial charge in [-0.3, -0.25) is 4.99 Å². The number of nitrogens with zero attached hydrogens (tertiary/aromatic N) is 6. The number of benzene rings is 1. The Balaban J connectivity index is 1.61. The molecular formula is C27H30FN7S. The molecule has 7 nitrogen and oxygen atoms in total.